The Morgan fingerprint density at radius 2 is 2.04 bits per heavy atom. The van der Waals surface area contributed by atoms with Crippen LogP contribution in [-0.4, -0.2) is 69.3 Å². The maximum absolute atomic E-state index is 12.8. The Hall–Kier alpha value is -2.67. The van der Waals surface area contributed by atoms with Crippen LogP contribution >= 0.6 is 0 Å². The van der Waals surface area contributed by atoms with Gasteiger partial charge in [-0.05, 0) is 18.7 Å². The van der Waals surface area contributed by atoms with E-state index in [1.807, 2.05) is 47.0 Å². The molecule has 1 unspecified atom stereocenters. The fourth-order valence-electron chi connectivity index (χ4n) is 3.78. The number of carbonyl (C=O) groups is 2. The van der Waals surface area contributed by atoms with E-state index >= 15 is 0 Å². The van der Waals surface area contributed by atoms with Crippen LogP contribution < -0.4 is 0 Å². The molecule has 7 heteroatoms. The van der Waals surface area contributed by atoms with Gasteiger partial charge in [0.2, 0.25) is 5.91 Å². The molecule has 1 aromatic heterocycles. The first kappa shape index (κ1) is 16.8. The number of piperazine rings is 1. The van der Waals surface area contributed by atoms with Gasteiger partial charge in [-0.25, -0.2) is 4.98 Å². The number of rotatable bonds is 3. The maximum Gasteiger partial charge on any atom is 0.254 e. The average molecular weight is 353 g/mol. The molecule has 3 heterocycles. The predicted molar refractivity (Wildman–Crippen MR) is 96.3 cm³/mol. The highest BCUT2D eigenvalue weighted by Crippen LogP contribution is 2.24. The average Bonchev–Trinajstić information content (AvgIpc) is 3.19. The minimum Gasteiger partial charge on any atom is -0.338 e. The lowest BCUT2D eigenvalue weighted by atomic mass is 10.1. The van der Waals surface area contributed by atoms with Gasteiger partial charge in [-0.2, -0.15) is 0 Å². The van der Waals surface area contributed by atoms with Crippen molar-refractivity contribution in [2.45, 2.75) is 12.6 Å². The van der Waals surface area contributed by atoms with Crippen molar-refractivity contribution in [3.63, 3.8) is 0 Å². The number of imidazole rings is 1. The third kappa shape index (κ3) is 2.88. The Kier molecular flexibility index (Phi) is 4.24. The molecular weight excluding hydrogens is 330 g/mol. The van der Waals surface area contributed by atoms with Gasteiger partial charge in [-0.1, -0.05) is 18.2 Å². The fraction of sp³-hybridized carbons (Fsp3) is 0.421. The molecule has 0 aliphatic carbocycles. The quantitative estimate of drug-likeness (QED) is 0.822. The van der Waals surface area contributed by atoms with E-state index in [0.717, 1.165) is 17.9 Å². The molecule has 4 rings (SSSR count). The molecule has 26 heavy (non-hydrogen) atoms. The molecule has 7 nitrogen and oxygen atoms in total. The lowest BCUT2D eigenvalue weighted by molar-refractivity contribution is -0.134. The second-order valence-corrected chi connectivity index (χ2v) is 7.05. The monoisotopic (exact) mass is 353 g/mol. The van der Waals surface area contributed by atoms with E-state index in [0.29, 0.717) is 25.2 Å². The normalized spacial score (nSPS) is 20.5. The summed E-state index contributed by atoms with van der Waals surface area (Å²) in [6.45, 7) is 2.69. The van der Waals surface area contributed by atoms with Crippen LogP contribution in [-0.2, 0) is 18.4 Å². The topological polar surface area (TPSA) is 61.7 Å². The van der Waals surface area contributed by atoms with Crippen molar-refractivity contribution in [3.05, 3.63) is 53.6 Å². The van der Waals surface area contributed by atoms with Gasteiger partial charge in [0, 0.05) is 51.2 Å². The van der Waals surface area contributed by atoms with Crippen molar-refractivity contribution in [1.29, 1.82) is 0 Å². The van der Waals surface area contributed by atoms with Gasteiger partial charge in [0.1, 0.15) is 12.4 Å². The fourth-order valence-corrected chi connectivity index (χ4v) is 3.78. The van der Waals surface area contributed by atoms with Gasteiger partial charge >= 0.3 is 0 Å². The van der Waals surface area contributed by atoms with Crippen molar-refractivity contribution in [2.75, 3.05) is 33.2 Å². The third-order valence-corrected chi connectivity index (χ3v) is 5.38. The molecule has 0 bridgehead atoms. The van der Waals surface area contributed by atoms with Gasteiger partial charge in [-0.3, -0.25) is 14.5 Å². The third-order valence-electron chi connectivity index (χ3n) is 5.38. The zero-order valence-electron chi connectivity index (χ0n) is 15.1. The van der Waals surface area contributed by atoms with Crippen molar-refractivity contribution < 1.29 is 9.59 Å². The SMILES string of the molecule is CN1CCN(C(=O)CN2Cc3ccccc3C2=O)CC1c1nccn1C. The smallest absolute Gasteiger partial charge is 0.254 e. The summed E-state index contributed by atoms with van der Waals surface area (Å²) < 4.78 is 2.00. The summed E-state index contributed by atoms with van der Waals surface area (Å²) >= 11 is 0. The molecule has 1 atom stereocenters. The molecule has 136 valence electrons. The molecule has 0 N–H and O–H groups in total. The van der Waals surface area contributed by atoms with Gasteiger partial charge < -0.3 is 14.4 Å². The van der Waals surface area contributed by atoms with Crippen LogP contribution in [0.2, 0.25) is 0 Å². The highest BCUT2D eigenvalue weighted by atomic mass is 16.2. The summed E-state index contributed by atoms with van der Waals surface area (Å²) in [6, 6.07) is 7.63. The highest BCUT2D eigenvalue weighted by molar-refractivity contribution is 6.00. The zero-order valence-corrected chi connectivity index (χ0v) is 15.1. The molecule has 1 aromatic carbocycles. The Balaban J connectivity index is 1.44. The molecule has 2 aliphatic rings. The number of likely N-dealkylation sites (N-methyl/N-ethyl adjacent to an activating group) is 1. The number of aromatic nitrogens is 2. The van der Waals surface area contributed by atoms with Crippen LogP contribution in [0.3, 0.4) is 0 Å². The molecule has 1 fully saturated rings. The lowest BCUT2D eigenvalue weighted by Crippen LogP contribution is -2.52. The predicted octanol–water partition coefficient (Wildman–Crippen LogP) is 0.891. The van der Waals surface area contributed by atoms with Gasteiger partial charge in [0.25, 0.3) is 5.91 Å². The first-order valence-corrected chi connectivity index (χ1v) is 8.87. The molecule has 2 amide bonds. The Morgan fingerprint density at radius 1 is 1.23 bits per heavy atom. The first-order chi connectivity index (χ1) is 12.5. The Morgan fingerprint density at radius 3 is 2.77 bits per heavy atom. The van der Waals surface area contributed by atoms with Gasteiger partial charge in [0.05, 0.1) is 6.04 Å². The van der Waals surface area contributed by atoms with Crippen LogP contribution in [0, 0.1) is 0 Å². The molecule has 0 saturated carbocycles. The minimum atomic E-state index is -0.0521. The van der Waals surface area contributed by atoms with E-state index in [9.17, 15) is 9.59 Å². The Labute approximate surface area is 152 Å². The number of amides is 2. The van der Waals surface area contributed by atoms with Crippen LogP contribution in [0.5, 0.6) is 0 Å². The van der Waals surface area contributed by atoms with E-state index in [4.69, 9.17) is 0 Å². The van der Waals surface area contributed by atoms with Crippen molar-refractivity contribution >= 4 is 11.8 Å². The van der Waals surface area contributed by atoms with Crippen LogP contribution in [0.1, 0.15) is 27.8 Å². The van der Waals surface area contributed by atoms with Crippen molar-refractivity contribution in [2.24, 2.45) is 7.05 Å². The van der Waals surface area contributed by atoms with Crippen molar-refractivity contribution in [3.8, 4) is 0 Å². The second kappa shape index (κ2) is 6.57. The lowest BCUT2D eigenvalue weighted by Gasteiger charge is -2.39. The summed E-state index contributed by atoms with van der Waals surface area (Å²) in [7, 11) is 4.03. The van der Waals surface area contributed by atoms with Crippen LogP contribution in [0.15, 0.2) is 36.7 Å². The maximum atomic E-state index is 12.8. The largest absolute Gasteiger partial charge is 0.338 e. The van der Waals surface area contributed by atoms with Gasteiger partial charge in [-0.15, -0.1) is 0 Å². The second-order valence-electron chi connectivity index (χ2n) is 7.05. The number of benzene rings is 1. The summed E-state index contributed by atoms with van der Waals surface area (Å²) in [4.78, 5) is 35.5. The van der Waals surface area contributed by atoms with E-state index in [-0.39, 0.29) is 24.4 Å². The summed E-state index contributed by atoms with van der Waals surface area (Å²) in [6.07, 6.45) is 3.70. The standard InChI is InChI=1S/C19H23N5O2/c1-21-9-10-23(12-16(21)18-20-7-8-22(18)2)17(25)13-24-11-14-5-3-4-6-15(14)19(24)26/h3-8,16H,9-13H2,1-2H3. The number of fused-ring (bicyclic) bond motifs is 1. The number of aryl methyl sites for hydroxylation is 1. The molecule has 2 aliphatic heterocycles. The van der Waals surface area contributed by atoms with Crippen LogP contribution in [0.25, 0.3) is 0 Å². The number of hydrogen-bond acceptors (Lipinski definition) is 4. The van der Waals surface area contributed by atoms with E-state index in [2.05, 4.69) is 16.9 Å². The van der Waals surface area contributed by atoms with Gasteiger partial charge in [0.15, 0.2) is 0 Å². The Bertz CT molecular complexity index is 846. The summed E-state index contributed by atoms with van der Waals surface area (Å²) in [5.41, 5.74) is 1.71. The summed E-state index contributed by atoms with van der Waals surface area (Å²) in [5.74, 6) is 0.900. The van der Waals surface area contributed by atoms with E-state index in [1.165, 1.54) is 0 Å². The minimum absolute atomic E-state index is 0.00142. The number of hydrogen-bond donors (Lipinski definition) is 0. The zero-order chi connectivity index (χ0) is 18.3. The summed E-state index contributed by atoms with van der Waals surface area (Å²) in [5, 5.41) is 0. The molecule has 1 saturated heterocycles. The van der Waals surface area contributed by atoms with E-state index in [1.54, 1.807) is 11.1 Å². The molecular formula is C19H23N5O2. The number of carbonyl (C=O) groups excluding carboxylic acids is 2. The van der Waals surface area contributed by atoms with E-state index < -0.39 is 0 Å². The first-order valence-electron chi connectivity index (χ1n) is 8.87. The molecule has 0 spiro atoms. The van der Waals surface area contributed by atoms with Crippen molar-refractivity contribution in [1.82, 2.24) is 24.3 Å². The number of nitrogens with zero attached hydrogens (tertiary/aromatic N) is 5. The highest BCUT2D eigenvalue weighted by Gasteiger charge is 2.33. The van der Waals surface area contributed by atoms with Crippen LogP contribution in [0.4, 0.5) is 0 Å². The molecule has 0 radical (unpaired) electrons. The molecule has 2 aromatic rings.